The molecule has 2 atom stereocenters. The first-order valence-electron chi connectivity index (χ1n) is 8.93. The summed E-state index contributed by atoms with van der Waals surface area (Å²) in [5.74, 6) is -1.09. The van der Waals surface area contributed by atoms with Gasteiger partial charge in [0.2, 0.25) is 11.8 Å². The largest absolute Gasteiger partial charge is 0.370 e. The lowest BCUT2D eigenvalue weighted by atomic mass is 9.90. The van der Waals surface area contributed by atoms with Crippen molar-refractivity contribution >= 4 is 29.1 Å². The van der Waals surface area contributed by atoms with Gasteiger partial charge in [-0.25, -0.2) is 0 Å². The van der Waals surface area contributed by atoms with E-state index in [2.05, 4.69) is 10.3 Å². The number of anilines is 1. The van der Waals surface area contributed by atoms with Crippen LogP contribution in [0.25, 0.3) is 11.1 Å². The van der Waals surface area contributed by atoms with E-state index < -0.39 is 12.1 Å². The van der Waals surface area contributed by atoms with Crippen molar-refractivity contribution in [2.45, 2.75) is 25.0 Å². The molecule has 4 rings (SSSR count). The Morgan fingerprint density at radius 1 is 1.14 bits per heavy atom. The number of aliphatic hydroxyl groups is 1. The van der Waals surface area contributed by atoms with Crippen LogP contribution in [0.2, 0.25) is 5.02 Å². The number of nitrogens with zero attached hydrogens (tertiary/aromatic N) is 2. The van der Waals surface area contributed by atoms with Crippen LogP contribution in [0.15, 0.2) is 61.1 Å². The molecule has 142 valence electrons. The Morgan fingerprint density at radius 2 is 1.93 bits per heavy atom. The number of carbonyl (C=O) groups excluding carboxylic acids is 2. The number of pyridine rings is 1. The van der Waals surface area contributed by atoms with Crippen LogP contribution in [-0.4, -0.2) is 28.1 Å². The van der Waals surface area contributed by atoms with Gasteiger partial charge in [-0.05, 0) is 36.3 Å². The molecular weight excluding hydrogens is 378 g/mol. The third kappa shape index (κ3) is 3.44. The first kappa shape index (κ1) is 18.4. The second-order valence-corrected chi connectivity index (χ2v) is 7.07. The summed E-state index contributed by atoms with van der Waals surface area (Å²) in [6.07, 6.45) is 10.4. The highest BCUT2D eigenvalue weighted by atomic mass is 35.5. The number of benzene rings is 1. The van der Waals surface area contributed by atoms with E-state index in [1.54, 1.807) is 35.6 Å². The lowest BCUT2D eigenvalue weighted by molar-refractivity contribution is -0.134. The van der Waals surface area contributed by atoms with E-state index in [1.807, 2.05) is 30.3 Å². The van der Waals surface area contributed by atoms with Crippen LogP contribution in [0.3, 0.4) is 0 Å². The van der Waals surface area contributed by atoms with Gasteiger partial charge in [-0.1, -0.05) is 29.8 Å². The van der Waals surface area contributed by atoms with Gasteiger partial charge in [0.25, 0.3) is 0 Å². The van der Waals surface area contributed by atoms with Crippen LogP contribution < -0.4 is 10.2 Å². The Morgan fingerprint density at radius 3 is 2.64 bits per heavy atom. The molecule has 28 heavy (non-hydrogen) atoms. The summed E-state index contributed by atoms with van der Waals surface area (Å²) in [6, 6.07) is 7.56. The molecule has 2 unspecified atom stereocenters. The van der Waals surface area contributed by atoms with Gasteiger partial charge in [0, 0.05) is 41.8 Å². The van der Waals surface area contributed by atoms with Crippen molar-refractivity contribution in [3.8, 4) is 11.1 Å². The topological polar surface area (TPSA) is 82.5 Å². The summed E-state index contributed by atoms with van der Waals surface area (Å²) in [5, 5.41) is 12.9. The van der Waals surface area contributed by atoms with Crippen molar-refractivity contribution in [2.75, 3.05) is 4.90 Å². The van der Waals surface area contributed by atoms with Gasteiger partial charge >= 0.3 is 0 Å². The molecule has 2 aliphatic rings. The molecule has 1 aromatic carbocycles. The molecule has 1 fully saturated rings. The number of rotatable bonds is 3. The van der Waals surface area contributed by atoms with E-state index >= 15 is 0 Å². The number of imide groups is 1. The van der Waals surface area contributed by atoms with Crippen LogP contribution in [0.5, 0.6) is 0 Å². The van der Waals surface area contributed by atoms with Crippen molar-refractivity contribution in [3.63, 3.8) is 0 Å². The van der Waals surface area contributed by atoms with Gasteiger partial charge in [0.05, 0.1) is 10.9 Å². The first-order chi connectivity index (χ1) is 13.5. The quantitative estimate of drug-likeness (QED) is 0.780. The van der Waals surface area contributed by atoms with Gasteiger partial charge in [-0.2, -0.15) is 0 Å². The van der Waals surface area contributed by atoms with Crippen molar-refractivity contribution < 1.29 is 14.7 Å². The second-order valence-electron chi connectivity index (χ2n) is 6.69. The van der Waals surface area contributed by atoms with E-state index in [1.165, 1.54) is 0 Å². The number of allylic oxidation sites excluding steroid dienone is 2. The molecule has 2 N–H and O–H groups in total. The van der Waals surface area contributed by atoms with E-state index in [4.69, 9.17) is 11.6 Å². The fourth-order valence-corrected chi connectivity index (χ4v) is 3.77. The Hall–Kier alpha value is -2.96. The number of halogens is 1. The van der Waals surface area contributed by atoms with Gasteiger partial charge in [-0.3, -0.25) is 19.9 Å². The third-order valence-electron chi connectivity index (χ3n) is 4.92. The summed E-state index contributed by atoms with van der Waals surface area (Å²) in [7, 11) is 0. The Labute approximate surface area is 167 Å². The monoisotopic (exact) mass is 395 g/mol. The van der Waals surface area contributed by atoms with Gasteiger partial charge in [0.15, 0.2) is 0 Å². The summed E-state index contributed by atoms with van der Waals surface area (Å²) < 4.78 is 0. The Kier molecular flexibility index (Phi) is 4.98. The minimum atomic E-state index is -0.711. The number of carbonyl (C=O) groups is 2. The highest BCUT2D eigenvalue weighted by molar-refractivity contribution is 6.34. The third-order valence-corrected chi connectivity index (χ3v) is 5.35. The van der Waals surface area contributed by atoms with Crippen molar-refractivity contribution in [3.05, 3.63) is 71.7 Å². The second kappa shape index (κ2) is 7.58. The summed E-state index contributed by atoms with van der Waals surface area (Å²) in [4.78, 5) is 29.6. The number of piperidine rings is 1. The molecular formula is C21H18ClN3O3. The van der Waals surface area contributed by atoms with Crippen molar-refractivity contribution in [1.29, 1.82) is 0 Å². The fraction of sp³-hybridized carbons (Fsp3) is 0.190. The molecule has 2 amide bonds. The molecule has 1 aromatic heterocycles. The maximum atomic E-state index is 12.2. The van der Waals surface area contributed by atoms with Crippen LogP contribution in [0.1, 0.15) is 24.3 Å². The van der Waals surface area contributed by atoms with Gasteiger partial charge < -0.3 is 10.0 Å². The predicted molar refractivity (Wildman–Crippen MR) is 107 cm³/mol. The van der Waals surface area contributed by atoms with Crippen molar-refractivity contribution in [2.24, 2.45) is 0 Å². The molecule has 0 radical (unpaired) electrons. The molecule has 0 spiro atoms. The standard InChI is InChI=1S/C21H18ClN3O3/c22-20-16(11-23-12-17(20)15-8-9-18(26)24-21(15)28)13-4-6-14(7-5-13)25-10-2-1-3-19(25)27/h1-7,10-12,15,19,27H,8-9H2,(H,24,26,28). The number of hydrogen-bond donors (Lipinski definition) is 2. The SMILES string of the molecule is O=C1CCC(c2cncc(-c3ccc(N4C=CC=CC4O)cc3)c2Cl)C(=O)N1. The van der Waals surface area contributed by atoms with Crippen molar-refractivity contribution in [1.82, 2.24) is 10.3 Å². The molecule has 6 nitrogen and oxygen atoms in total. The lowest BCUT2D eigenvalue weighted by Gasteiger charge is -2.26. The van der Waals surface area contributed by atoms with Gasteiger partial charge in [0.1, 0.15) is 6.23 Å². The minimum absolute atomic E-state index is 0.263. The summed E-state index contributed by atoms with van der Waals surface area (Å²) >= 11 is 6.61. The number of aliphatic hydroxyl groups excluding tert-OH is 1. The van der Waals surface area contributed by atoms with Crippen LogP contribution in [0.4, 0.5) is 5.69 Å². The zero-order chi connectivity index (χ0) is 19.7. The van der Waals surface area contributed by atoms with Crippen LogP contribution in [0, 0.1) is 0 Å². The van der Waals surface area contributed by atoms with E-state index in [-0.39, 0.29) is 18.2 Å². The van der Waals surface area contributed by atoms with Crippen LogP contribution >= 0.6 is 11.6 Å². The molecule has 3 heterocycles. The predicted octanol–water partition coefficient (Wildman–Crippen LogP) is 3.13. The van der Waals surface area contributed by atoms with E-state index in [0.29, 0.717) is 22.6 Å². The molecule has 1 saturated heterocycles. The Balaban J connectivity index is 1.63. The number of amides is 2. The zero-order valence-electron chi connectivity index (χ0n) is 14.9. The normalized spacial score (nSPS) is 21.7. The average molecular weight is 396 g/mol. The molecule has 0 saturated carbocycles. The fourth-order valence-electron chi connectivity index (χ4n) is 3.43. The van der Waals surface area contributed by atoms with Crippen LogP contribution in [-0.2, 0) is 9.59 Å². The molecule has 2 aromatic rings. The zero-order valence-corrected chi connectivity index (χ0v) is 15.6. The van der Waals surface area contributed by atoms with E-state index in [9.17, 15) is 14.7 Å². The maximum Gasteiger partial charge on any atom is 0.234 e. The molecule has 2 aliphatic heterocycles. The molecule has 0 bridgehead atoms. The Bertz CT molecular complexity index is 985. The smallest absolute Gasteiger partial charge is 0.234 e. The van der Waals surface area contributed by atoms with E-state index in [0.717, 1.165) is 11.3 Å². The highest BCUT2D eigenvalue weighted by Gasteiger charge is 2.30. The average Bonchev–Trinajstić information content (AvgIpc) is 2.69. The lowest BCUT2D eigenvalue weighted by Crippen LogP contribution is -2.39. The van der Waals surface area contributed by atoms with Gasteiger partial charge in [-0.15, -0.1) is 0 Å². The minimum Gasteiger partial charge on any atom is -0.370 e. The maximum absolute atomic E-state index is 12.2. The summed E-state index contributed by atoms with van der Waals surface area (Å²) in [5.41, 5.74) is 3.02. The molecule has 0 aliphatic carbocycles. The number of hydrogen-bond acceptors (Lipinski definition) is 5. The molecule has 7 heteroatoms. The first-order valence-corrected chi connectivity index (χ1v) is 9.31. The number of aromatic nitrogens is 1. The highest BCUT2D eigenvalue weighted by Crippen LogP contribution is 2.37. The summed E-state index contributed by atoms with van der Waals surface area (Å²) in [6.45, 7) is 0. The number of nitrogens with one attached hydrogen (secondary N) is 1.